The fourth-order valence-corrected chi connectivity index (χ4v) is 9.16. The van der Waals surface area contributed by atoms with Crippen LogP contribution in [0.1, 0.15) is 113 Å². The highest BCUT2D eigenvalue weighted by atomic mass is 16.3. The Morgan fingerprint density at radius 2 is 1.70 bits per heavy atom. The fraction of sp³-hybridized carbons (Fsp3) is 0.867. The molecule has 0 heterocycles. The molecule has 0 aliphatic heterocycles. The predicted octanol–water partition coefficient (Wildman–Crippen LogP) is 6.92. The molecule has 0 amide bonds. The molecule has 2 fully saturated rings. The molecule has 1 N–H and O–H groups in total. The van der Waals surface area contributed by atoms with Crippen molar-refractivity contribution in [2.45, 2.75) is 119 Å². The maximum Gasteiger partial charge on any atom is 0.159 e. The molecule has 3 nitrogen and oxygen atoms in total. The molecule has 0 aromatic rings. The fourth-order valence-electron chi connectivity index (χ4n) is 9.16. The molecular weight excluding hydrogens is 408 g/mol. The number of hydrogen-bond donors (Lipinski definition) is 1. The van der Waals surface area contributed by atoms with Gasteiger partial charge in [-0.1, -0.05) is 61.0 Å². The Morgan fingerprint density at radius 1 is 1.03 bits per heavy atom. The summed E-state index contributed by atoms with van der Waals surface area (Å²) in [4.78, 5) is 26.2. The van der Waals surface area contributed by atoms with Gasteiger partial charge in [-0.25, -0.2) is 0 Å². The Morgan fingerprint density at radius 3 is 2.33 bits per heavy atom. The van der Waals surface area contributed by atoms with Crippen molar-refractivity contribution in [3.63, 3.8) is 0 Å². The van der Waals surface area contributed by atoms with Gasteiger partial charge in [-0.05, 0) is 78.9 Å². The van der Waals surface area contributed by atoms with Gasteiger partial charge in [0, 0.05) is 29.7 Å². The normalized spacial score (nSPS) is 43.2. The molecule has 7 atom stereocenters. The third-order valence-electron chi connectivity index (χ3n) is 11.8. The SMILES string of the molecule is CC(C)C(=O)CC[C@@H](C)[C@H]1CC[C@@]2(C)C3=C(CC[C@]12C)[C@@]1(C)CC[C@H](O)C(C)(C)[C@@H]1CC3=O. The third kappa shape index (κ3) is 3.46. The summed E-state index contributed by atoms with van der Waals surface area (Å²) in [6.45, 7) is 18.0. The Hall–Kier alpha value is -0.960. The van der Waals surface area contributed by atoms with Crippen LogP contribution in [0, 0.1) is 45.3 Å². The summed E-state index contributed by atoms with van der Waals surface area (Å²) >= 11 is 0. The van der Waals surface area contributed by atoms with Gasteiger partial charge < -0.3 is 5.11 Å². The minimum Gasteiger partial charge on any atom is -0.393 e. The van der Waals surface area contributed by atoms with E-state index in [1.807, 2.05) is 13.8 Å². The van der Waals surface area contributed by atoms with Crippen molar-refractivity contribution in [3.8, 4) is 0 Å². The lowest BCUT2D eigenvalue weighted by atomic mass is 9.43. The molecule has 0 aromatic carbocycles. The molecule has 0 bridgehead atoms. The van der Waals surface area contributed by atoms with Crippen LogP contribution < -0.4 is 0 Å². The number of carbonyl (C=O) groups excluding carboxylic acids is 2. The molecule has 0 radical (unpaired) electrons. The van der Waals surface area contributed by atoms with Crippen molar-refractivity contribution >= 4 is 11.6 Å². The highest BCUT2D eigenvalue weighted by molar-refractivity contribution is 5.99. The van der Waals surface area contributed by atoms with Crippen LogP contribution in [0.4, 0.5) is 0 Å². The standard InChI is InChI=1S/C30H48O3/c1-18(2)22(31)10-9-19(3)20-11-16-30(8)26-21(12-15-29(20,30)7)28(6)14-13-25(33)27(4,5)24(28)17-23(26)32/h18-20,24-25,33H,9-17H2,1-8H3/t19-,20-,24+,25+,28-,29-,30+/m1/s1. The molecule has 33 heavy (non-hydrogen) atoms. The summed E-state index contributed by atoms with van der Waals surface area (Å²) in [5, 5.41) is 10.8. The van der Waals surface area contributed by atoms with Gasteiger partial charge in [-0.15, -0.1) is 0 Å². The Labute approximate surface area is 202 Å². The molecule has 4 aliphatic carbocycles. The predicted molar refractivity (Wildman–Crippen MR) is 134 cm³/mol. The van der Waals surface area contributed by atoms with Crippen LogP contribution in [-0.2, 0) is 9.59 Å². The molecule has 4 rings (SSSR count). The van der Waals surface area contributed by atoms with Gasteiger partial charge >= 0.3 is 0 Å². The van der Waals surface area contributed by atoms with Crippen LogP contribution in [0.5, 0.6) is 0 Å². The zero-order valence-electron chi connectivity index (χ0n) is 22.5. The summed E-state index contributed by atoms with van der Waals surface area (Å²) in [6, 6.07) is 0. The topological polar surface area (TPSA) is 54.4 Å². The summed E-state index contributed by atoms with van der Waals surface area (Å²) < 4.78 is 0. The van der Waals surface area contributed by atoms with Crippen LogP contribution in [-0.4, -0.2) is 22.8 Å². The van der Waals surface area contributed by atoms with E-state index in [4.69, 9.17) is 0 Å². The van der Waals surface area contributed by atoms with E-state index in [1.54, 1.807) is 0 Å². The summed E-state index contributed by atoms with van der Waals surface area (Å²) in [5.74, 6) is 2.17. The van der Waals surface area contributed by atoms with Gasteiger partial charge in [0.1, 0.15) is 5.78 Å². The zero-order chi connectivity index (χ0) is 24.6. The Bertz CT molecular complexity index is 866. The number of allylic oxidation sites excluding steroid dienone is 2. The first-order chi connectivity index (χ1) is 15.2. The van der Waals surface area contributed by atoms with Gasteiger partial charge in [-0.3, -0.25) is 9.59 Å². The van der Waals surface area contributed by atoms with E-state index in [0.29, 0.717) is 36.2 Å². The number of fused-ring (bicyclic) bond motifs is 4. The monoisotopic (exact) mass is 456 g/mol. The van der Waals surface area contributed by atoms with E-state index >= 15 is 0 Å². The number of aliphatic hydroxyl groups is 1. The molecular formula is C30H48O3. The number of ketones is 2. The Balaban J connectivity index is 1.68. The van der Waals surface area contributed by atoms with E-state index in [-0.39, 0.29) is 39.6 Å². The number of aliphatic hydroxyl groups excluding tert-OH is 1. The van der Waals surface area contributed by atoms with E-state index < -0.39 is 0 Å². The van der Waals surface area contributed by atoms with Crippen molar-refractivity contribution in [2.75, 3.05) is 0 Å². The highest BCUT2D eigenvalue weighted by Crippen LogP contribution is 2.71. The summed E-state index contributed by atoms with van der Waals surface area (Å²) in [5.41, 5.74) is 2.51. The van der Waals surface area contributed by atoms with Crippen LogP contribution in [0.15, 0.2) is 11.1 Å². The molecule has 4 aliphatic rings. The first-order valence-electron chi connectivity index (χ1n) is 13.7. The maximum absolute atomic E-state index is 13.9. The van der Waals surface area contributed by atoms with E-state index in [1.165, 1.54) is 17.6 Å². The van der Waals surface area contributed by atoms with Crippen molar-refractivity contribution in [2.24, 2.45) is 45.3 Å². The third-order valence-corrected chi connectivity index (χ3v) is 11.8. The minimum absolute atomic E-state index is 0.0314. The minimum atomic E-state index is -0.319. The van der Waals surface area contributed by atoms with Gasteiger partial charge in [0.15, 0.2) is 5.78 Å². The number of carbonyl (C=O) groups is 2. The van der Waals surface area contributed by atoms with Crippen LogP contribution in [0.2, 0.25) is 0 Å². The molecule has 0 unspecified atom stereocenters. The van der Waals surface area contributed by atoms with Crippen molar-refractivity contribution in [1.29, 1.82) is 0 Å². The van der Waals surface area contributed by atoms with Gasteiger partial charge in [0.05, 0.1) is 6.10 Å². The van der Waals surface area contributed by atoms with Crippen LogP contribution >= 0.6 is 0 Å². The van der Waals surface area contributed by atoms with E-state index in [0.717, 1.165) is 38.5 Å². The van der Waals surface area contributed by atoms with Gasteiger partial charge in [0.25, 0.3) is 0 Å². The maximum atomic E-state index is 13.9. The lowest BCUT2D eigenvalue weighted by molar-refractivity contribution is -0.134. The highest BCUT2D eigenvalue weighted by Gasteiger charge is 2.65. The second-order valence-corrected chi connectivity index (χ2v) is 13.9. The second kappa shape index (κ2) is 8.04. The van der Waals surface area contributed by atoms with Gasteiger partial charge in [-0.2, -0.15) is 0 Å². The molecule has 0 aromatic heterocycles. The largest absolute Gasteiger partial charge is 0.393 e. The number of hydrogen-bond acceptors (Lipinski definition) is 3. The second-order valence-electron chi connectivity index (χ2n) is 13.9. The molecule has 0 saturated heterocycles. The van der Waals surface area contributed by atoms with Crippen molar-refractivity contribution in [1.82, 2.24) is 0 Å². The Kier molecular flexibility index (Phi) is 6.12. The first-order valence-corrected chi connectivity index (χ1v) is 13.7. The lowest BCUT2D eigenvalue weighted by Gasteiger charge is -2.61. The van der Waals surface area contributed by atoms with Crippen molar-refractivity contribution < 1.29 is 14.7 Å². The molecule has 3 heteroatoms. The number of rotatable bonds is 5. The van der Waals surface area contributed by atoms with Crippen LogP contribution in [0.25, 0.3) is 0 Å². The quantitative estimate of drug-likeness (QED) is 0.488. The molecule has 186 valence electrons. The first kappa shape index (κ1) is 25.1. The number of Topliss-reactive ketones (excluding diaryl/α,β-unsaturated/α-hetero) is 2. The van der Waals surface area contributed by atoms with Gasteiger partial charge in [0.2, 0.25) is 0 Å². The van der Waals surface area contributed by atoms with E-state index in [2.05, 4.69) is 41.5 Å². The lowest BCUT2D eigenvalue weighted by Crippen LogP contribution is -2.57. The van der Waals surface area contributed by atoms with E-state index in [9.17, 15) is 14.7 Å². The summed E-state index contributed by atoms with van der Waals surface area (Å²) in [6.07, 6.45) is 8.20. The average molecular weight is 457 g/mol. The summed E-state index contributed by atoms with van der Waals surface area (Å²) in [7, 11) is 0. The average Bonchev–Trinajstić information content (AvgIpc) is 3.02. The zero-order valence-corrected chi connectivity index (χ0v) is 22.5. The smallest absolute Gasteiger partial charge is 0.159 e. The van der Waals surface area contributed by atoms with Crippen molar-refractivity contribution in [3.05, 3.63) is 11.1 Å². The van der Waals surface area contributed by atoms with Crippen LogP contribution in [0.3, 0.4) is 0 Å². The molecule has 2 saturated carbocycles. The molecule has 0 spiro atoms.